The summed E-state index contributed by atoms with van der Waals surface area (Å²) in [6.07, 6.45) is 0. The number of nitrogen functional groups attached to an aromatic ring is 1. The molecule has 124 valence electrons. The first-order chi connectivity index (χ1) is 10.6. The lowest BCUT2D eigenvalue weighted by atomic mass is 10.3. The molecule has 0 aromatic heterocycles. The summed E-state index contributed by atoms with van der Waals surface area (Å²) in [5.74, 6) is -1.54. The number of amides is 1. The van der Waals surface area contributed by atoms with Gasteiger partial charge in [-0.05, 0) is 56.1 Å². The summed E-state index contributed by atoms with van der Waals surface area (Å²) in [7, 11) is 0. The van der Waals surface area contributed by atoms with Crippen LogP contribution in [0, 0.1) is 11.6 Å². The van der Waals surface area contributed by atoms with E-state index in [4.69, 9.17) is 28.9 Å². The summed E-state index contributed by atoms with van der Waals surface area (Å²) in [6, 6.07) is 6.05. The Morgan fingerprint density at radius 1 is 1.04 bits per heavy atom. The molecule has 3 N–H and O–H groups in total. The zero-order valence-electron chi connectivity index (χ0n) is 11.6. The molecule has 0 heterocycles. The van der Waals surface area contributed by atoms with Crippen molar-refractivity contribution in [2.75, 3.05) is 11.1 Å². The number of anilines is 2. The summed E-state index contributed by atoms with van der Waals surface area (Å²) in [5, 5.41) is 2.31. The Kier molecular flexibility index (Phi) is 7.73. The molecule has 0 aliphatic heterocycles. The molecule has 1 amide bonds. The van der Waals surface area contributed by atoms with Crippen LogP contribution in [0.25, 0.3) is 0 Å². The lowest BCUT2D eigenvalue weighted by Gasteiger charge is -2.05. The fraction of sp³-hybridized carbons (Fsp3) is 0.0714. The van der Waals surface area contributed by atoms with Gasteiger partial charge in [-0.15, -0.1) is 0 Å². The molecular formula is C14H10Br2Cl2F2N2O. The van der Waals surface area contributed by atoms with Gasteiger partial charge in [0.2, 0.25) is 5.91 Å². The van der Waals surface area contributed by atoms with Crippen LogP contribution in [0.2, 0.25) is 10.0 Å². The van der Waals surface area contributed by atoms with E-state index in [1.165, 1.54) is 19.1 Å². The van der Waals surface area contributed by atoms with Gasteiger partial charge in [-0.3, -0.25) is 4.79 Å². The maximum absolute atomic E-state index is 13.2. The van der Waals surface area contributed by atoms with Crippen molar-refractivity contribution in [3.05, 3.63) is 54.9 Å². The van der Waals surface area contributed by atoms with Gasteiger partial charge in [0.25, 0.3) is 0 Å². The quantitative estimate of drug-likeness (QED) is 0.379. The highest BCUT2D eigenvalue weighted by molar-refractivity contribution is 9.10. The van der Waals surface area contributed by atoms with E-state index in [0.717, 1.165) is 0 Å². The summed E-state index contributed by atoms with van der Waals surface area (Å²) >= 11 is 17.2. The predicted molar refractivity (Wildman–Crippen MR) is 96.9 cm³/mol. The number of benzene rings is 2. The van der Waals surface area contributed by atoms with Crippen molar-refractivity contribution in [3.63, 3.8) is 0 Å². The van der Waals surface area contributed by atoms with E-state index in [0.29, 0.717) is 8.95 Å². The van der Waals surface area contributed by atoms with Crippen LogP contribution in [0.1, 0.15) is 6.92 Å². The van der Waals surface area contributed by atoms with Crippen molar-refractivity contribution in [1.29, 1.82) is 0 Å². The summed E-state index contributed by atoms with van der Waals surface area (Å²) in [4.78, 5) is 10.6. The molecular weight excluding hydrogens is 481 g/mol. The molecule has 0 spiro atoms. The van der Waals surface area contributed by atoms with Crippen molar-refractivity contribution >= 4 is 72.3 Å². The highest BCUT2D eigenvalue weighted by atomic mass is 79.9. The second-order valence-electron chi connectivity index (χ2n) is 4.17. The van der Waals surface area contributed by atoms with Gasteiger partial charge in [0.05, 0.1) is 21.4 Å². The maximum atomic E-state index is 13.2. The van der Waals surface area contributed by atoms with Gasteiger partial charge in [0.15, 0.2) is 11.6 Å². The Labute approximate surface area is 158 Å². The molecule has 0 radical (unpaired) electrons. The molecule has 3 nitrogen and oxygen atoms in total. The Balaban J connectivity index is 0.000000238. The molecule has 0 atom stereocenters. The highest BCUT2D eigenvalue weighted by Crippen LogP contribution is 2.30. The molecule has 2 aromatic carbocycles. The van der Waals surface area contributed by atoms with Crippen LogP contribution in [-0.4, -0.2) is 5.91 Å². The summed E-state index contributed by atoms with van der Waals surface area (Å²) in [5.41, 5.74) is 5.36. The molecule has 0 bridgehead atoms. The van der Waals surface area contributed by atoms with Crippen LogP contribution in [0.4, 0.5) is 20.2 Å². The third-order valence-electron chi connectivity index (χ3n) is 2.41. The fourth-order valence-electron chi connectivity index (χ4n) is 1.35. The normalized spacial score (nSPS) is 9.87. The molecule has 0 saturated carbocycles. The van der Waals surface area contributed by atoms with Gasteiger partial charge in [-0.2, -0.15) is 0 Å². The first-order valence-corrected chi connectivity index (χ1v) is 8.29. The van der Waals surface area contributed by atoms with E-state index in [1.807, 2.05) is 0 Å². The lowest BCUT2D eigenvalue weighted by molar-refractivity contribution is -0.114. The number of carbonyl (C=O) groups is 1. The van der Waals surface area contributed by atoms with E-state index in [9.17, 15) is 13.6 Å². The van der Waals surface area contributed by atoms with Crippen molar-refractivity contribution in [1.82, 2.24) is 0 Å². The molecule has 0 aliphatic rings. The Bertz CT molecular complexity index is 718. The molecule has 0 unspecified atom stereocenters. The number of halogens is 6. The Hall–Kier alpha value is -0.890. The standard InChI is InChI=1S/C8H6BrClFNO.C6H4BrClFN/c1-4(13)12-6-3-2-5(9)7(10)8(6)11;7-3-1-2-4(10)6(9)5(3)8/h2-3H,1H3,(H,12,13);1-2H,10H2. The predicted octanol–water partition coefficient (Wildman–Crippen LogP) is 6.02. The van der Waals surface area contributed by atoms with Crippen LogP contribution in [0.15, 0.2) is 33.2 Å². The minimum absolute atomic E-state index is 0.0278. The number of rotatable bonds is 1. The number of nitrogens with one attached hydrogen (secondary N) is 1. The van der Waals surface area contributed by atoms with Crippen LogP contribution in [0.3, 0.4) is 0 Å². The highest BCUT2D eigenvalue weighted by Gasteiger charge is 2.10. The van der Waals surface area contributed by atoms with Gasteiger partial charge in [-0.25, -0.2) is 8.78 Å². The van der Waals surface area contributed by atoms with Gasteiger partial charge in [0, 0.05) is 15.9 Å². The Morgan fingerprint density at radius 2 is 1.52 bits per heavy atom. The average Bonchev–Trinajstić information content (AvgIpc) is 2.50. The van der Waals surface area contributed by atoms with Crippen molar-refractivity contribution in [2.24, 2.45) is 0 Å². The van der Waals surface area contributed by atoms with Crippen LogP contribution < -0.4 is 11.1 Å². The van der Waals surface area contributed by atoms with Crippen molar-refractivity contribution < 1.29 is 13.6 Å². The number of nitrogens with two attached hydrogens (primary N) is 1. The summed E-state index contributed by atoms with van der Waals surface area (Å²) < 4.78 is 26.9. The molecule has 9 heteroatoms. The molecule has 2 rings (SSSR count). The molecule has 0 saturated heterocycles. The third-order valence-corrected chi connectivity index (χ3v) is 4.93. The van der Waals surface area contributed by atoms with E-state index < -0.39 is 11.6 Å². The first-order valence-electron chi connectivity index (χ1n) is 5.95. The van der Waals surface area contributed by atoms with E-state index >= 15 is 0 Å². The Morgan fingerprint density at radius 3 is 2.00 bits per heavy atom. The zero-order chi connectivity index (χ0) is 17.7. The van der Waals surface area contributed by atoms with Gasteiger partial charge in [0.1, 0.15) is 0 Å². The number of hydrogen-bond acceptors (Lipinski definition) is 2. The fourth-order valence-corrected chi connectivity index (χ4v) is 2.30. The smallest absolute Gasteiger partial charge is 0.221 e. The second-order valence-corrected chi connectivity index (χ2v) is 6.63. The van der Waals surface area contributed by atoms with Crippen molar-refractivity contribution in [3.8, 4) is 0 Å². The van der Waals surface area contributed by atoms with Crippen LogP contribution >= 0.6 is 55.1 Å². The van der Waals surface area contributed by atoms with Gasteiger partial charge < -0.3 is 11.1 Å². The average molecular weight is 491 g/mol. The molecule has 0 fully saturated rings. The summed E-state index contributed by atoms with van der Waals surface area (Å²) in [6.45, 7) is 1.30. The number of carbonyl (C=O) groups excluding carboxylic acids is 1. The van der Waals surface area contributed by atoms with Gasteiger partial charge in [-0.1, -0.05) is 23.2 Å². The molecule has 0 aliphatic carbocycles. The third kappa shape index (κ3) is 5.60. The van der Waals surface area contributed by atoms with Crippen molar-refractivity contribution in [2.45, 2.75) is 6.92 Å². The largest absolute Gasteiger partial charge is 0.396 e. The van der Waals surface area contributed by atoms with Gasteiger partial charge >= 0.3 is 0 Å². The lowest BCUT2D eigenvalue weighted by Crippen LogP contribution is -2.07. The SMILES string of the molecule is CC(=O)Nc1ccc(Br)c(Cl)c1F.Nc1ccc(Br)c(Cl)c1F. The zero-order valence-corrected chi connectivity index (χ0v) is 16.2. The molecule has 2 aromatic rings. The maximum Gasteiger partial charge on any atom is 0.221 e. The second kappa shape index (κ2) is 8.82. The minimum Gasteiger partial charge on any atom is -0.396 e. The van der Waals surface area contributed by atoms with Crippen LogP contribution in [0.5, 0.6) is 0 Å². The van der Waals surface area contributed by atoms with Crippen LogP contribution in [-0.2, 0) is 4.79 Å². The number of hydrogen-bond donors (Lipinski definition) is 2. The van der Waals surface area contributed by atoms with E-state index in [-0.39, 0.29) is 27.3 Å². The topological polar surface area (TPSA) is 55.1 Å². The molecule has 23 heavy (non-hydrogen) atoms. The minimum atomic E-state index is -0.633. The first kappa shape index (κ1) is 20.2. The monoisotopic (exact) mass is 488 g/mol. The van der Waals surface area contributed by atoms with E-state index in [2.05, 4.69) is 37.2 Å². The van der Waals surface area contributed by atoms with E-state index in [1.54, 1.807) is 12.1 Å².